The highest BCUT2D eigenvalue weighted by Gasteiger charge is 2.27. The number of carbonyl (C=O) groups excluding carboxylic acids is 1. The first kappa shape index (κ1) is 18.0. The third-order valence-electron chi connectivity index (χ3n) is 4.95. The van der Waals surface area contributed by atoms with Crippen LogP contribution in [0.2, 0.25) is 0 Å². The van der Waals surface area contributed by atoms with Gasteiger partial charge in [0.05, 0.1) is 5.25 Å². The molecule has 1 fully saturated rings. The highest BCUT2D eigenvalue weighted by molar-refractivity contribution is 8.00. The van der Waals surface area contributed by atoms with Crippen molar-refractivity contribution >= 4 is 17.5 Å². The molecule has 0 N–H and O–H groups in total. The Morgan fingerprint density at radius 1 is 1.00 bits per heavy atom. The van der Waals surface area contributed by atoms with E-state index in [0.717, 1.165) is 41.5 Å². The molecule has 27 heavy (non-hydrogen) atoms. The first-order valence-corrected chi connectivity index (χ1v) is 10.3. The summed E-state index contributed by atoms with van der Waals surface area (Å²) in [7, 11) is 0. The van der Waals surface area contributed by atoms with Crippen LogP contribution in [0.1, 0.15) is 36.8 Å². The van der Waals surface area contributed by atoms with Crippen LogP contribution in [-0.4, -0.2) is 25.8 Å². The minimum atomic E-state index is -0.0162. The molecule has 1 saturated carbocycles. The van der Waals surface area contributed by atoms with Crippen molar-refractivity contribution in [1.29, 1.82) is 0 Å². The van der Waals surface area contributed by atoms with Crippen molar-refractivity contribution in [3.05, 3.63) is 59.7 Å². The van der Waals surface area contributed by atoms with Gasteiger partial charge in [-0.05, 0) is 44.9 Å². The number of hydrogen-bond acceptors (Lipinski definition) is 4. The van der Waals surface area contributed by atoms with Crippen LogP contribution in [0.4, 0.5) is 0 Å². The number of thioether (sulfide) groups is 1. The zero-order valence-corrected chi connectivity index (χ0v) is 16.5. The summed E-state index contributed by atoms with van der Waals surface area (Å²) in [6, 6.07) is 16.7. The number of hydrogen-bond donors (Lipinski definition) is 0. The molecule has 0 bridgehead atoms. The molecule has 1 heterocycles. The third-order valence-corrected chi connectivity index (χ3v) is 6.21. The lowest BCUT2D eigenvalue weighted by atomic mass is 9.99. The summed E-state index contributed by atoms with van der Waals surface area (Å²) in [6.45, 7) is 4.15. The second-order valence-electron chi connectivity index (χ2n) is 7.17. The van der Waals surface area contributed by atoms with E-state index in [1.807, 2.05) is 6.07 Å². The molecule has 0 amide bonds. The lowest BCUT2D eigenvalue weighted by Crippen LogP contribution is -2.21. The molecule has 2 aromatic carbocycles. The normalized spacial score (nSPS) is 17.3. The predicted octanol–water partition coefficient (Wildman–Crippen LogP) is 5.15. The van der Waals surface area contributed by atoms with Crippen molar-refractivity contribution in [1.82, 2.24) is 14.8 Å². The van der Waals surface area contributed by atoms with Crippen LogP contribution >= 0.6 is 11.8 Å². The van der Waals surface area contributed by atoms with Crippen LogP contribution in [0.3, 0.4) is 0 Å². The molecule has 1 aromatic heterocycles. The van der Waals surface area contributed by atoms with Crippen LogP contribution in [0.5, 0.6) is 0 Å². The third kappa shape index (κ3) is 3.83. The molecule has 0 aliphatic heterocycles. The monoisotopic (exact) mass is 377 g/mol. The van der Waals surface area contributed by atoms with E-state index in [1.165, 1.54) is 11.1 Å². The number of benzene rings is 2. The molecule has 0 spiro atoms. The zero-order chi connectivity index (χ0) is 18.8. The van der Waals surface area contributed by atoms with Crippen LogP contribution in [-0.2, 0) is 4.79 Å². The Hall–Kier alpha value is -2.40. The fourth-order valence-corrected chi connectivity index (χ4v) is 4.62. The second kappa shape index (κ2) is 7.69. The maximum atomic E-state index is 12.3. The number of carbonyl (C=O) groups is 1. The van der Waals surface area contributed by atoms with Crippen LogP contribution in [0, 0.1) is 13.8 Å². The fourth-order valence-electron chi connectivity index (χ4n) is 3.45. The largest absolute Gasteiger partial charge is 0.298 e. The summed E-state index contributed by atoms with van der Waals surface area (Å²) < 4.78 is 2.08. The number of rotatable bonds is 4. The molecule has 4 nitrogen and oxygen atoms in total. The SMILES string of the molecule is Cc1ccc(-n2c(S[C@@H]3CCCCC3=O)nnc2-c2cccc(C)c2)cc1. The first-order valence-electron chi connectivity index (χ1n) is 9.41. The van der Waals surface area contributed by atoms with Gasteiger partial charge in [0, 0.05) is 17.7 Å². The number of nitrogens with zero attached hydrogens (tertiary/aromatic N) is 3. The molecular formula is C22H23N3OS. The molecule has 3 aromatic rings. The van der Waals surface area contributed by atoms with Crippen molar-refractivity contribution in [2.75, 3.05) is 0 Å². The Morgan fingerprint density at radius 2 is 1.81 bits per heavy atom. The lowest BCUT2D eigenvalue weighted by molar-refractivity contribution is -0.119. The summed E-state index contributed by atoms with van der Waals surface area (Å²) in [5.41, 5.74) is 4.45. The maximum absolute atomic E-state index is 12.3. The van der Waals surface area contributed by atoms with Crippen LogP contribution in [0.15, 0.2) is 53.7 Å². The molecular weight excluding hydrogens is 354 g/mol. The van der Waals surface area contributed by atoms with Crippen LogP contribution in [0.25, 0.3) is 17.1 Å². The predicted molar refractivity (Wildman–Crippen MR) is 109 cm³/mol. The summed E-state index contributed by atoms with van der Waals surface area (Å²) in [5.74, 6) is 1.15. The standard InChI is InChI=1S/C22H23N3OS/c1-15-10-12-18(13-11-15)25-21(17-7-5-6-16(2)14-17)23-24-22(25)27-20-9-4-3-8-19(20)26/h5-7,10-14,20H,3-4,8-9H2,1-2H3/t20-/m1/s1. The van der Waals surface area contributed by atoms with Gasteiger partial charge in [-0.15, -0.1) is 10.2 Å². The Balaban J connectivity index is 1.79. The van der Waals surface area contributed by atoms with Gasteiger partial charge in [-0.2, -0.15) is 0 Å². The summed E-state index contributed by atoms with van der Waals surface area (Å²) in [5, 5.41) is 9.74. The number of aryl methyl sites for hydroxylation is 2. The van der Waals surface area contributed by atoms with Crippen molar-refractivity contribution in [3.8, 4) is 17.1 Å². The van der Waals surface area contributed by atoms with E-state index in [9.17, 15) is 4.79 Å². The Labute approximate surface area is 164 Å². The molecule has 0 unspecified atom stereocenters. The molecule has 138 valence electrons. The van der Waals surface area contributed by atoms with Crippen molar-refractivity contribution in [2.45, 2.75) is 49.9 Å². The van der Waals surface area contributed by atoms with E-state index < -0.39 is 0 Å². The van der Waals surface area contributed by atoms with Gasteiger partial charge < -0.3 is 0 Å². The van der Waals surface area contributed by atoms with Gasteiger partial charge in [-0.1, -0.05) is 59.6 Å². The van der Waals surface area contributed by atoms with E-state index in [0.29, 0.717) is 12.2 Å². The van der Waals surface area contributed by atoms with Gasteiger partial charge in [0.1, 0.15) is 5.78 Å². The molecule has 1 aliphatic carbocycles. The molecule has 4 rings (SSSR count). The van der Waals surface area contributed by atoms with Crippen molar-refractivity contribution in [2.24, 2.45) is 0 Å². The van der Waals surface area contributed by atoms with E-state index in [-0.39, 0.29) is 5.25 Å². The maximum Gasteiger partial charge on any atom is 0.196 e. The molecule has 1 atom stereocenters. The van der Waals surface area contributed by atoms with Gasteiger partial charge in [-0.25, -0.2) is 0 Å². The minimum Gasteiger partial charge on any atom is -0.298 e. The summed E-state index contributed by atoms with van der Waals surface area (Å²) >= 11 is 1.56. The molecule has 5 heteroatoms. The Kier molecular flexibility index (Phi) is 5.12. The zero-order valence-electron chi connectivity index (χ0n) is 15.7. The van der Waals surface area contributed by atoms with Gasteiger partial charge in [0.15, 0.2) is 11.0 Å². The summed E-state index contributed by atoms with van der Waals surface area (Å²) in [6.07, 6.45) is 3.72. The van der Waals surface area contributed by atoms with E-state index in [4.69, 9.17) is 0 Å². The highest BCUT2D eigenvalue weighted by atomic mass is 32.2. The minimum absolute atomic E-state index is 0.0162. The molecule has 0 radical (unpaired) electrons. The molecule has 1 aliphatic rings. The van der Waals surface area contributed by atoms with E-state index in [1.54, 1.807) is 11.8 Å². The highest BCUT2D eigenvalue weighted by Crippen LogP contribution is 2.34. The topological polar surface area (TPSA) is 47.8 Å². The first-order chi connectivity index (χ1) is 13.1. The number of aromatic nitrogens is 3. The quantitative estimate of drug-likeness (QED) is 0.630. The van der Waals surface area contributed by atoms with Crippen molar-refractivity contribution < 1.29 is 4.79 Å². The average Bonchev–Trinajstić information content (AvgIpc) is 3.08. The average molecular weight is 378 g/mol. The van der Waals surface area contributed by atoms with Gasteiger partial charge in [-0.3, -0.25) is 9.36 Å². The van der Waals surface area contributed by atoms with E-state index >= 15 is 0 Å². The number of ketones is 1. The summed E-state index contributed by atoms with van der Waals surface area (Å²) in [4.78, 5) is 12.3. The number of Topliss-reactive ketones (excluding diaryl/α,β-unsaturated/α-hetero) is 1. The second-order valence-corrected chi connectivity index (χ2v) is 8.34. The van der Waals surface area contributed by atoms with Crippen LogP contribution < -0.4 is 0 Å². The Morgan fingerprint density at radius 3 is 2.56 bits per heavy atom. The molecule has 0 saturated heterocycles. The van der Waals surface area contributed by atoms with E-state index in [2.05, 4.69) is 71.1 Å². The van der Waals surface area contributed by atoms with Crippen molar-refractivity contribution in [3.63, 3.8) is 0 Å². The lowest BCUT2D eigenvalue weighted by Gasteiger charge is -2.20. The van der Waals surface area contributed by atoms with Gasteiger partial charge >= 0.3 is 0 Å². The van der Waals surface area contributed by atoms with Gasteiger partial charge in [0.25, 0.3) is 0 Å². The van der Waals surface area contributed by atoms with Gasteiger partial charge in [0.2, 0.25) is 0 Å². The Bertz CT molecular complexity index is 962. The fraction of sp³-hybridized carbons (Fsp3) is 0.318. The smallest absolute Gasteiger partial charge is 0.196 e.